The molecule has 1 aliphatic heterocycles. The minimum atomic E-state index is -0.0401. The summed E-state index contributed by atoms with van der Waals surface area (Å²) in [5.41, 5.74) is 1.91. The lowest BCUT2D eigenvalue weighted by molar-refractivity contribution is 0.0931. The molecule has 1 aromatic carbocycles. The van der Waals surface area contributed by atoms with Crippen LogP contribution in [0, 0.1) is 0 Å². The molecule has 0 radical (unpaired) electrons. The van der Waals surface area contributed by atoms with E-state index in [1.807, 2.05) is 12.1 Å². The molecule has 0 aliphatic carbocycles. The predicted octanol–water partition coefficient (Wildman–Crippen LogP) is 3.38. The first-order chi connectivity index (χ1) is 12.7. The second-order valence-corrected chi connectivity index (χ2v) is 6.95. The summed E-state index contributed by atoms with van der Waals surface area (Å²) < 4.78 is 7.32. The smallest absolute Gasteiger partial charge is 0.251 e. The lowest BCUT2D eigenvalue weighted by Crippen LogP contribution is -2.39. The molecule has 1 saturated heterocycles. The van der Waals surface area contributed by atoms with E-state index in [9.17, 15) is 4.79 Å². The Morgan fingerprint density at radius 2 is 1.81 bits per heavy atom. The van der Waals surface area contributed by atoms with Crippen LogP contribution in [0.1, 0.15) is 47.8 Å². The van der Waals surface area contributed by atoms with Crippen LogP contribution in [-0.4, -0.2) is 42.1 Å². The molecule has 1 amide bonds. The average Bonchev–Trinajstić information content (AvgIpc) is 2.92. The van der Waals surface area contributed by atoms with Gasteiger partial charge in [0.15, 0.2) is 0 Å². The van der Waals surface area contributed by atoms with Crippen molar-refractivity contribution in [3.8, 4) is 5.75 Å². The lowest BCUT2D eigenvalue weighted by atomic mass is 10.1. The summed E-state index contributed by atoms with van der Waals surface area (Å²) in [6.07, 6.45) is 7.13. The van der Waals surface area contributed by atoms with Crippen LogP contribution in [0.2, 0.25) is 0 Å². The maximum atomic E-state index is 12.6. The molecule has 1 aromatic heterocycles. The molecule has 5 heteroatoms. The van der Waals surface area contributed by atoms with Crippen LogP contribution in [-0.2, 0) is 7.05 Å². The molecule has 0 saturated carbocycles. The van der Waals surface area contributed by atoms with Gasteiger partial charge in [-0.1, -0.05) is 12.8 Å². The van der Waals surface area contributed by atoms with Gasteiger partial charge in [-0.25, -0.2) is 0 Å². The highest BCUT2D eigenvalue weighted by Gasteiger charge is 2.24. The lowest BCUT2D eigenvalue weighted by Gasteiger charge is -2.31. The number of likely N-dealkylation sites (tertiary alicyclic amines) is 1. The number of hydrogen-bond acceptors (Lipinski definition) is 3. The third-order valence-corrected chi connectivity index (χ3v) is 5.21. The molecule has 5 nitrogen and oxygen atoms in total. The maximum absolute atomic E-state index is 12.6. The Morgan fingerprint density at radius 3 is 2.38 bits per heavy atom. The zero-order valence-electron chi connectivity index (χ0n) is 15.8. The van der Waals surface area contributed by atoms with E-state index in [4.69, 9.17) is 4.74 Å². The number of amides is 1. The van der Waals surface area contributed by atoms with E-state index in [0.717, 1.165) is 18.8 Å². The Balaban J connectivity index is 1.70. The van der Waals surface area contributed by atoms with E-state index < -0.39 is 0 Å². The summed E-state index contributed by atoms with van der Waals surface area (Å²) in [7, 11) is 3.70. The van der Waals surface area contributed by atoms with E-state index in [1.165, 1.54) is 31.4 Å². The molecular weight excluding hydrogens is 326 g/mol. The Bertz CT molecular complexity index is 700. The topological polar surface area (TPSA) is 46.5 Å². The van der Waals surface area contributed by atoms with Crippen molar-refractivity contribution in [3.05, 3.63) is 53.9 Å². The zero-order valence-corrected chi connectivity index (χ0v) is 15.8. The third-order valence-electron chi connectivity index (χ3n) is 5.21. The number of rotatable bonds is 6. The number of benzene rings is 1. The van der Waals surface area contributed by atoms with Gasteiger partial charge in [-0.2, -0.15) is 0 Å². The highest BCUT2D eigenvalue weighted by Crippen LogP contribution is 2.24. The van der Waals surface area contributed by atoms with Gasteiger partial charge in [-0.3, -0.25) is 9.69 Å². The van der Waals surface area contributed by atoms with Crippen LogP contribution < -0.4 is 10.1 Å². The molecule has 1 fully saturated rings. The Hall–Kier alpha value is -2.27. The molecule has 0 spiro atoms. The fourth-order valence-electron chi connectivity index (χ4n) is 3.68. The minimum Gasteiger partial charge on any atom is -0.497 e. The zero-order chi connectivity index (χ0) is 18.4. The number of methoxy groups -OCH3 is 1. The van der Waals surface area contributed by atoms with Crippen molar-refractivity contribution in [1.82, 2.24) is 14.8 Å². The average molecular weight is 355 g/mol. The Morgan fingerprint density at radius 1 is 1.12 bits per heavy atom. The first kappa shape index (κ1) is 18.5. The second kappa shape index (κ2) is 8.90. The van der Waals surface area contributed by atoms with Gasteiger partial charge in [0.05, 0.1) is 13.2 Å². The summed E-state index contributed by atoms with van der Waals surface area (Å²) >= 11 is 0. The molecule has 1 N–H and O–H groups in total. The highest BCUT2D eigenvalue weighted by atomic mass is 16.5. The fraction of sp³-hybridized carbons (Fsp3) is 0.476. The van der Waals surface area contributed by atoms with Gasteiger partial charge in [0.1, 0.15) is 5.75 Å². The summed E-state index contributed by atoms with van der Waals surface area (Å²) in [5.74, 6) is 0.717. The van der Waals surface area contributed by atoms with E-state index in [0.29, 0.717) is 12.1 Å². The van der Waals surface area contributed by atoms with Crippen LogP contribution in [0.5, 0.6) is 5.75 Å². The molecule has 140 valence electrons. The van der Waals surface area contributed by atoms with E-state index in [-0.39, 0.29) is 11.9 Å². The SMILES string of the molecule is COc1ccc(C(=O)NCC(c2cccn2C)N2CCCCCC2)cc1. The number of aromatic nitrogens is 1. The molecule has 1 unspecified atom stereocenters. The van der Waals surface area contributed by atoms with Crippen molar-refractivity contribution in [3.63, 3.8) is 0 Å². The standard InChI is InChI=1S/C21H29N3O2/c1-23-13-7-8-19(23)20(24-14-5-3-4-6-15-24)16-22-21(25)17-9-11-18(26-2)12-10-17/h7-13,20H,3-6,14-16H2,1-2H3,(H,22,25). The van der Waals surface area contributed by atoms with Crippen LogP contribution in [0.4, 0.5) is 0 Å². The van der Waals surface area contributed by atoms with Crippen molar-refractivity contribution in [2.24, 2.45) is 7.05 Å². The van der Waals surface area contributed by atoms with Crippen molar-refractivity contribution < 1.29 is 9.53 Å². The number of hydrogen-bond donors (Lipinski definition) is 1. The van der Waals surface area contributed by atoms with Gasteiger partial charge in [0, 0.05) is 31.0 Å². The monoisotopic (exact) mass is 355 g/mol. The molecule has 0 bridgehead atoms. The molecule has 2 heterocycles. The number of aryl methyl sites for hydroxylation is 1. The van der Waals surface area contributed by atoms with Crippen LogP contribution in [0.25, 0.3) is 0 Å². The van der Waals surface area contributed by atoms with E-state index in [2.05, 4.69) is 40.2 Å². The quantitative estimate of drug-likeness (QED) is 0.864. The van der Waals surface area contributed by atoms with Gasteiger partial charge >= 0.3 is 0 Å². The molecule has 1 atom stereocenters. The minimum absolute atomic E-state index is 0.0401. The van der Waals surface area contributed by atoms with E-state index >= 15 is 0 Å². The molecule has 26 heavy (non-hydrogen) atoms. The number of carbonyl (C=O) groups is 1. The van der Waals surface area contributed by atoms with Crippen molar-refractivity contribution in [2.45, 2.75) is 31.7 Å². The molecule has 1 aliphatic rings. The van der Waals surface area contributed by atoms with Gasteiger partial charge < -0.3 is 14.6 Å². The summed E-state index contributed by atoms with van der Waals surface area (Å²) in [4.78, 5) is 15.1. The largest absolute Gasteiger partial charge is 0.497 e. The number of carbonyl (C=O) groups excluding carboxylic acids is 1. The number of nitrogens with one attached hydrogen (secondary N) is 1. The Labute approximate surface area is 156 Å². The van der Waals surface area contributed by atoms with E-state index in [1.54, 1.807) is 19.2 Å². The first-order valence-corrected chi connectivity index (χ1v) is 9.46. The third kappa shape index (κ3) is 4.47. The molecule has 2 aromatic rings. The fourth-order valence-corrected chi connectivity index (χ4v) is 3.68. The highest BCUT2D eigenvalue weighted by molar-refractivity contribution is 5.94. The summed E-state index contributed by atoms with van der Waals surface area (Å²) in [5, 5.41) is 3.13. The van der Waals surface area contributed by atoms with Crippen molar-refractivity contribution in [2.75, 3.05) is 26.7 Å². The van der Waals surface area contributed by atoms with Crippen LogP contribution >= 0.6 is 0 Å². The molecule has 3 rings (SSSR count). The maximum Gasteiger partial charge on any atom is 0.251 e. The van der Waals surface area contributed by atoms with Crippen LogP contribution in [0.3, 0.4) is 0 Å². The van der Waals surface area contributed by atoms with Crippen molar-refractivity contribution >= 4 is 5.91 Å². The summed E-state index contributed by atoms with van der Waals surface area (Å²) in [6.45, 7) is 2.80. The number of ether oxygens (including phenoxy) is 1. The normalized spacial score (nSPS) is 16.7. The van der Waals surface area contributed by atoms with Gasteiger partial charge in [-0.05, 0) is 62.3 Å². The van der Waals surface area contributed by atoms with Crippen LogP contribution in [0.15, 0.2) is 42.6 Å². The van der Waals surface area contributed by atoms with Gasteiger partial charge in [0.25, 0.3) is 5.91 Å². The van der Waals surface area contributed by atoms with Crippen molar-refractivity contribution in [1.29, 1.82) is 0 Å². The molecular formula is C21H29N3O2. The second-order valence-electron chi connectivity index (χ2n) is 6.95. The van der Waals surface area contributed by atoms with Gasteiger partial charge in [-0.15, -0.1) is 0 Å². The van der Waals surface area contributed by atoms with Gasteiger partial charge in [0.2, 0.25) is 0 Å². The Kier molecular flexibility index (Phi) is 6.34. The first-order valence-electron chi connectivity index (χ1n) is 9.46. The number of nitrogens with zero attached hydrogens (tertiary/aromatic N) is 2. The summed E-state index contributed by atoms with van der Waals surface area (Å²) in [6, 6.07) is 11.7. The predicted molar refractivity (Wildman–Crippen MR) is 104 cm³/mol.